The van der Waals surface area contributed by atoms with Crippen LogP contribution in [0.2, 0.25) is 0 Å². The summed E-state index contributed by atoms with van der Waals surface area (Å²) >= 11 is 0. The summed E-state index contributed by atoms with van der Waals surface area (Å²) in [5.74, 6) is 1.81. The number of ketones is 1. The maximum atomic E-state index is 13.8. The molecular formula is C24H24O8. The second kappa shape index (κ2) is 6.80. The molecular weight excluding hydrogens is 416 g/mol. The molecule has 0 radical (unpaired) electrons. The Bertz CT molecular complexity index is 1170. The number of aliphatic hydroxyl groups is 1. The number of fused-ring (bicyclic) bond motifs is 6. The minimum absolute atomic E-state index is 0.0268. The molecule has 5 rings (SSSR count). The van der Waals surface area contributed by atoms with Crippen molar-refractivity contribution in [2.75, 3.05) is 27.9 Å². The smallest absolute Gasteiger partial charge is 0.206 e. The number of rotatable bonds is 3. The summed E-state index contributed by atoms with van der Waals surface area (Å²) in [7, 11) is 4.49. The number of Topliss-reactive ketones (excluding diaryl/α,β-unsaturated/α-hetero) is 1. The van der Waals surface area contributed by atoms with Gasteiger partial charge in [0.05, 0.1) is 32.5 Å². The molecule has 0 bridgehead atoms. The summed E-state index contributed by atoms with van der Waals surface area (Å²) in [6.07, 6.45) is 2.77. The van der Waals surface area contributed by atoms with Crippen LogP contribution in [0.1, 0.15) is 35.3 Å². The Balaban J connectivity index is 1.70. The van der Waals surface area contributed by atoms with E-state index in [-0.39, 0.29) is 17.7 Å². The molecule has 0 saturated heterocycles. The number of hydrogen-bond acceptors (Lipinski definition) is 8. The maximum absolute atomic E-state index is 13.8. The van der Waals surface area contributed by atoms with Crippen LogP contribution in [-0.4, -0.2) is 50.5 Å². The first-order valence-corrected chi connectivity index (χ1v) is 10.2. The second-order valence-corrected chi connectivity index (χ2v) is 8.45. The highest BCUT2D eigenvalue weighted by Gasteiger charge is 2.57. The van der Waals surface area contributed by atoms with Crippen LogP contribution in [0.5, 0.6) is 34.5 Å². The van der Waals surface area contributed by atoms with Crippen molar-refractivity contribution in [3.63, 3.8) is 0 Å². The molecule has 1 N–H and O–H groups in total. The zero-order valence-corrected chi connectivity index (χ0v) is 18.5. The van der Waals surface area contributed by atoms with E-state index in [1.54, 1.807) is 18.2 Å². The van der Waals surface area contributed by atoms with Crippen LogP contribution in [0.3, 0.4) is 0 Å². The third-order valence-electron chi connectivity index (χ3n) is 6.07. The van der Waals surface area contributed by atoms with E-state index in [2.05, 4.69) is 0 Å². The molecule has 0 unspecified atom stereocenters. The van der Waals surface area contributed by atoms with Gasteiger partial charge in [0, 0.05) is 11.6 Å². The van der Waals surface area contributed by atoms with Crippen LogP contribution >= 0.6 is 0 Å². The van der Waals surface area contributed by atoms with Gasteiger partial charge < -0.3 is 33.5 Å². The van der Waals surface area contributed by atoms with E-state index in [4.69, 9.17) is 28.4 Å². The lowest BCUT2D eigenvalue weighted by molar-refractivity contribution is -0.0802. The number of ether oxygens (including phenoxy) is 6. The fourth-order valence-electron chi connectivity index (χ4n) is 4.40. The Hall–Kier alpha value is -3.39. The van der Waals surface area contributed by atoms with Gasteiger partial charge in [-0.05, 0) is 38.1 Å². The number of benzene rings is 2. The molecule has 3 heterocycles. The highest BCUT2D eigenvalue weighted by Crippen LogP contribution is 2.53. The normalized spacial score (nSPS) is 23.9. The van der Waals surface area contributed by atoms with E-state index in [1.807, 2.05) is 26.0 Å². The molecule has 0 amide bonds. The molecule has 3 aliphatic rings. The summed E-state index contributed by atoms with van der Waals surface area (Å²) in [4.78, 5) is 13.8. The monoisotopic (exact) mass is 440 g/mol. The van der Waals surface area contributed by atoms with E-state index in [9.17, 15) is 9.90 Å². The van der Waals surface area contributed by atoms with Gasteiger partial charge in [-0.2, -0.15) is 0 Å². The molecule has 168 valence electrons. The van der Waals surface area contributed by atoms with Gasteiger partial charge in [0.2, 0.25) is 5.78 Å². The summed E-state index contributed by atoms with van der Waals surface area (Å²) < 4.78 is 34.3. The minimum atomic E-state index is -1.97. The van der Waals surface area contributed by atoms with Crippen LogP contribution in [0.25, 0.3) is 6.08 Å². The van der Waals surface area contributed by atoms with E-state index in [0.717, 1.165) is 0 Å². The molecule has 0 aromatic heterocycles. The van der Waals surface area contributed by atoms with Crippen molar-refractivity contribution in [3.05, 3.63) is 41.0 Å². The fourth-order valence-corrected chi connectivity index (χ4v) is 4.40. The van der Waals surface area contributed by atoms with Gasteiger partial charge in [0.15, 0.2) is 34.7 Å². The lowest BCUT2D eigenvalue weighted by Crippen LogP contribution is -2.57. The predicted octanol–water partition coefficient (Wildman–Crippen LogP) is 3.12. The van der Waals surface area contributed by atoms with Gasteiger partial charge in [-0.25, -0.2) is 0 Å². The average Bonchev–Trinajstić information content (AvgIpc) is 2.78. The van der Waals surface area contributed by atoms with Crippen molar-refractivity contribution >= 4 is 11.9 Å². The highest BCUT2D eigenvalue weighted by molar-refractivity contribution is 6.08. The second-order valence-electron chi connectivity index (χ2n) is 8.45. The molecule has 0 fully saturated rings. The van der Waals surface area contributed by atoms with Crippen molar-refractivity contribution < 1.29 is 38.3 Å². The lowest BCUT2D eigenvalue weighted by Gasteiger charge is -2.44. The number of carbonyl (C=O) groups excluding carboxylic acids is 1. The first-order valence-electron chi connectivity index (χ1n) is 10.2. The quantitative estimate of drug-likeness (QED) is 0.778. The molecule has 0 aliphatic carbocycles. The van der Waals surface area contributed by atoms with Gasteiger partial charge in [-0.15, -0.1) is 0 Å². The zero-order chi connectivity index (χ0) is 22.8. The van der Waals surface area contributed by atoms with Crippen LogP contribution < -0.4 is 28.4 Å². The largest absolute Gasteiger partial charge is 0.493 e. The van der Waals surface area contributed by atoms with Crippen LogP contribution in [0, 0.1) is 0 Å². The summed E-state index contributed by atoms with van der Waals surface area (Å²) in [5.41, 5.74) is -1.47. The zero-order valence-electron chi connectivity index (χ0n) is 18.5. The Labute approximate surface area is 185 Å². The number of hydrogen-bond donors (Lipinski definition) is 1. The Morgan fingerprint density at radius 1 is 1.00 bits per heavy atom. The summed E-state index contributed by atoms with van der Waals surface area (Å²) in [5, 5.41) is 11.8. The van der Waals surface area contributed by atoms with Gasteiger partial charge in [-0.1, -0.05) is 0 Å². The number of carbonyl (C=O) groups is 1. The molecule has 8 nitrogen and oxygen atoms in total. The minimum Gasteiger partial charge on any atom is -0.493 e. The van der Waals surface area contributed by atoms with Gasteiger partial charge >= 0.3 is 0 Å². The first kappa shape index (κ1) is 20.5. The Kier molecular flexibility index (Phi) is 4.36. The predicted molar refractivity (Wildman–Crippen MR) is 114 cm³/mol. The van der Waals surface area contributed by atoms with Crippen molar-refractivity contribution in [2.45, 2.75) is 31.2 Å². The molecule has 3 aliphatic heterocycles. The van der Waals surface area contributed by atoms with Crippen molar-refractivity contribution in [1.29, 1.82) is 0 Å². The molecule has 0 spiro atoms. The van der Waals surface area contributed by atoms with Gasteiger partial charge in [-0.3, -0.25) is 4.79 Å². The molecule has 0 saturated carbocycles. The number of methoxy groups -OCH3 is 3. The maximum Gasteiger partial charge on any atom is 0.206 e. The van der Waals surface area contributed by atoms with Gasteiger partial charge in [0.1, 0.15) is 23.7 Å². The fraction of sp³-hybridized carbons (Fsp3) is 0.375. The summed E-state index contributed by atoms with van der Waals surface area (Å²) in [6, 6.07) is 4.70. The van der Waals surface area contributed by atoms with E-state index >= 15 is 0 Å². The topological polar surface area (TPSA) is 92.7 Å². The third kappa shape index (κ3) is 2.69. The summed E-state index contributed by atoms with van der Waals surface area (Å²) in [6.45, 7) is 3.81. The average molecular weight is 440 g/mol. The Morgan fingerprint density at radius 3 is 2.38 bits per heavy atom. The first-order chi connectivity index (χ1) is 15.2. The molecule has 32 heavy (non-hydrogen) atoms. The Morgan fingerprint density at radius 2 is 1.69 bits per heavy atom. The van der Waals surface area contributed by atoms with E-state index in [0.29, 0.717) is 40.1 Å². The highest BCUT2D eigenvalue weighted by atomic mass is 16.6. The van der Waals surface area contributed by atoms with Crippen molar-refractivity contribution in [2.24, 2.45) is 0 Å². The molecule has 2 aromatic carbocycles. The molecule has 2 aromatic rings. The van der Waals surface area contributed by atoms with Crippen molar-refractivity contribution in [3.8, 4) is 34.5 Å². The standard InChI is InChI=1S/C24H24O8/c1-23(2)7-6-12-20-13(8-18(29-5)21(12)32-23)22(25)24(26)14-9-16(27-3)17(28-4)10-15(14)30-11-19(24)31-20/h6-10,19,26H,11H2,1-5H3/t19-,24-/m0/s1. The third-order valence-corrected chi connectivity index (χ3v) is 6.07. The van der Waals surface area contributed by atoms with Crippen LogP contribution in [0.15, 0.2) is 24.3 Å². The van der Waals surface area contributed by atoms with Crippen molar-refractivity contribution in [1.82, 2.24) is 0 Å². The SMILES string of the molecule is COc1cc2c(cc1OC)[C@@]1(O)C(=O)c3cc(OC)c4c(c3O[C@H]1CO2)C=CC(C)(C)O4. The lowest BCUT2D eigenvalue weighted by atomic mass is 9.77. The van der Waals surface area contributed by atoms with E-state index in [1.165, 1.54) is 21.3 Å². The molecule has 8 heteroatoms. The van der Waals surface area contributed by atoms with Crippen LogP contribution in [-0.2, 0) is 5.60 Å². The van der Waals surface area contributed by atoms with E-state index < -0.39 is 23.1 Å². The van der Waals surface area contributed by atoms with Gasteiger partial charge in [0.25, 0.3) is 0 Å². The van der Waals surface area contributed by atoms with Crippen LogP contribution in [0.4, 0.5) is 0 Å². The molecule has 2 atom stereocenters.